The molecule has 0 fully saturated rings. The fourth-order valence-electron chi connectivity index (χ4n) is 3.93. The first-order valence-corrected chi connectivity index (χ1v) is 11.7. The average Bonchev–Trinajstić information content (AvgIpc) is 2.84. The fraction of sp³-hybridized carbons (Fsp3) is 0.276. The third-order valence-corrected chi connectivity index (χ3v) is 5.62. The number of aliphatic hydroxyl groups is 1. The van der Waals surface area contributed by atoms with Gasteiger partial charge in [0.05, 0.1) is 18.1 Å². The van der Waals surface area contributed by atoms with E-state index in [9.17, 15) is 9.90 Å². The van der Waals surface area contributed by atoms with Gasteiger partial charge in [0, 0.05) is 17.4 Å². The van der Waals surface area contributed by atoms with Crippen LogP contribution in [0, 0.1) is 0 Å². The second kappa shape index (κ2) is 11.0. The van der Waals surface area contributed by atoms with E-state index in [1.807, 2.05) is 66.7 Å². The summed E-state index contributed by atoms with van der Waals surface area (Å²) in [6.45, 7) is 4.81. The van der Waals surface area contributed by atoms with E-state index in [1.165, 1.54) is 0 Å². The Hall–Kier alpha value is -3.57. The minimum absolute atomic E-state index is 0.227. The van der Waals surface area contributed by atoms with Gasteiger partial charge in [0.25, 0.3) is 0 Å². The molecular formula is C29H30O5. The number of fused-ring (bicyclic) bond motifs is 1. The summed E-state index contributed by atoms with van der Waals surface area (Å²) in [5.41, 5.74) is 2.26. The SMILES string of the molecule is CCCCOc1ccc(-c2c(CC(C)O)oc(=O)c3ccccc23)cc1OCc1ccccc1. The second-order valence-corrected chi connectivity index (χ2v) is 8.42. The molecule has 0 aliphatic heterocycles. The zero-order chi connectivity index (χ0) is 23.9. The van der Waals surface area contributed by atoms with Gasteiger partial charge in [0.2, 0.25) is 0 Å². The minimum atomic E-state index is -0.659. The van der Waals surface area contributed by atoms with Crippen LogP contribution in [0.1, 0.15) is 38.0 Å². The summed E-state index contributed by atoms with van der Waals surface area (Å²) in [7, 11) is 0. The van der Waals surface area contributed by atoms with E-state index < -0.39 is 11.7 Å². The summed E-state index contributed by atoms with van der Waals surface area (Å²) in [6, 6.07) is 23.1. The number of benzene rings is 3. The van der Waals surface area contributed by atoms with Crippen molar-refractivity contribution in [2.24, 2.45) is 0 Å². The number of hydrogen-bond donors (Lipinski definition) is 1. The van der Waals surface area contributed by atoms with Crippen molar-refractivity contribution >= 4 is 10.8 Å². The molecular weight excluding hydrogens is 428 g/mol. The first-order chi connectivity index (χ1) is 16.6. The van der Waals surface area contributed by atoms with Crippen LogP contribution in [0.25, 0.3) is 21.9 Å². The van der Waals surface area contributed by atoms with Crippen LogP contribution >= 0.6 is 0 Å². The highest BCUT2D eigenvalue weighted by Gasteiger charge is 2.19. The number of hydrogen-bond acceptors (Lipinski definition) is 5. The summed E-state index contributed by atoms with van der Waals surface area (Å²) in [5, 5.41) is 11.3. The highest BCUT2D eigenvalue weighted by molar-refractivity contribution is 5.97. The first kappa shape index (κ1) is 23.6. The lowest BCUT2D eigenvalue weighted by atomic mass is 9.96. The number of ether oxygens (including phenoxy) is 2. The molecule has 176 valence electrons. The van der Waals surface area contributed by atoms with Gasteiger partial charge in [-0.1, -0.05) is 67.9 Å². The molecule has 0 radical (unpaired) electrons. The van der Waals surface area contributed by atoms with Crippen molar-refractivity contribution in [1.29, 1.82) is 0 Å². The van der Waals surface area contributed by atoms with Gasteiger partial charge in [0.15, 0.2) is 11.5 Å². The molecule has 0 aliphatic carbocycles. The number of unbranched alkanes of at least 4 members (excludes halogenated alkanes) is 1. The quantitative estimate of drug-likeness (QED) is 0.289. The lowest BCUT2D eigenvalue weighted by molar-refractivity contribution is 0.186. The molecule has 4 aromatic rings. The smallest absolute Gasteiger partial charge is 0.343 e. The Kier molecular flexibility index (Phi) is 7.65. The molecule has 1 unspecified atom stereocenters. The molecule has 0 saturated heterocycles. The zero-order valence-corrected chi connectivity index (χ0v) is 19.6. The van der Waals surface area contributed by atoms with Gasteiger partial charge in [-0.2, -0.15) is 0 Å². The topological polar surface area (TPSA) is 68.9 Å². The van der Waals surface area contributed by atoms with Crippen LogP contribution in [-0.4, -0.2) is 17.8 Å². The molecule has 0 amide bonds. The van der Waals surface area contributed by atoms with Gasteiger partial charge < -0.3 is 19.0 Å². The number of aliphatic hydroxyl groups excluding tert-OH is 1. The first-order valence-electron chi connectivity index (χ1n) is 11.7. The van der Waals surface area contributed by atoms with Gasteiger partial charge >= 0.3 is 5.63 Å². The van der Waals surface area contributed by atoms with Crippen LogP contribution in [0.5, 0.6) is 11.5 Å². The Morgan fingerprint density at radius 2 is 1.65 bits per heavy atom. The molecule has 0 spiro atoms. The van der Waals surface area contributed by atoms with E-state index in [1.54, 1.807) is 13.0 Å². The van der Waals surface area contributed by atoms with Crippen molar-refractivity contribution in [2.75, 3.05) is 6.61 Å². The Labute approximate surface area is 199 Å². The maximum absolute atomic E-state index is 12.6. The van der Waals surface area contributed by atoms with E-state index in [-0.39, 0.29) is 6.42 Å². The normalized spacial score (nSPS) is 12.0. The van der Waals surface area contributed by atoms with E-state index in [4.69, 9.17) is 13.9 Å². The third kappa shape index (κ3) is 5.49. The van der Waals surface area contributed by atoms with Crippen LogP contribution in [0.3, 0.4) is 0 Å². The van der Waals surface area contributed by atoms with Crippen molar-refractivity contribution < 1.29 is 19.0 Å². The van der Waals surface area contributed by atoms with E-state index in [2.05, 4.69) is 6.92 Å². The molecule has 5 nitrogen and oxygen atoms in total. The van der Waals surface area contributed by atoms with Crippen LogP contribution in [0.2, 0.25) is 0 Å². The van der Waals surface area contributed by atoms with Crippen molar-refractivity contribution in [1.82, 2.24) is 0 Å². The summed E-state index contributed by atoms with van der Waals surface area (Å²) in [5.74, 6) is 1.75. The van der Waals surface area contributed by atoms with Crippen molar-refractivity contribution in [2.45, 2.75) is 45.8 Å². The summed E-state index contributed by atoms with van der Waals surface area (Å²) < 4.78 is 17.9. The van der Waals surface area contributed by atoms with Gasteiger partial charge in [-0.05, 0) is 42.7 Å². The predicted molar refractivity (Wildman–Crippen MR) is 134 cm³/mol. The molecule has 4 rings (SSSR count). The predicted octanol–water partition coefficient (Wildman–Crippen LogP) is 6.14. The average molecular weight is 459 g/mol. The Bertz CT molecular complexity index is 1290. The monoisotopic (exact) mass is 458 g/mol. The van der Waals surface area contributed by atoms with E-state index >= 15 is 0 Å². The standard InChI is InChI=1S/C29H30O5/c1-3-4-16-32-25-15-14-22(18-26(25)33-19-21-10-6-5-7-11-21)28-23-12-8-9-13-24(23)29(31)34-27(28)17-20(2)30/h5-15,18,20,30H,3-4,16-17,19H2,1-2H3. The van der Waals surface area contributed by atoms with Gasteiger partial charge in [-0.25, -0.2) is 4.79 Å². The molecule has 34 heavy (non-hydrogen) atoms. The molecule has 5 heteroatoms. The van der Waals surface area contributed by atoms with Crippen LogP contribution in [0.15, 0.2) is 82.0 Å². The molecule has 1 aromatic heterocycles. The lowest BCUT2D eigenvalue weighted by Gasteiger charge is -2.17. The van der Waals surface area contributed by atoms with Gasteiger partial charge in [-0.3, -0.25) is 0 Å². The maximum Gasteiger partial charge on any atom is 0.343 e. The molecule has 0 aliphatic rings. The maximum atomic E-state index is 12.6. The van der Waals surface area contributed by atoms with Crippen LogP contribution in [0.4, 0.5) is 0 Å². The summed E-state index contributed by atoms with van der Waals surface area (Å²) in [4.78, 5) is 12.6. The van der Waals surface area contributed by atoms with E-state index in [0.717, 1.165) is 34.9 Å². The number of rotatable bonds is 10. The highest BCUT2D eigenvalue weighted by Crippen LogP contribution is 2.38. The molecule has 0 bridgehead atoms. The van der Waals surface area contributed by atoms with E-state index in [0.29, 0.717) is 35.9 Å². The largest absolute Gasteiger partial charge is 0.490 e. The Balaban J connectivity index is 1.80. The van der Waals surface area contributed by atoms with Gasteiger partial charge in [-0.15, -0.1) is 0 Å². The van der Waals surface area contributed by atoms with Crippen LogP contribution < -0.4 is 15.1 Å². The fourth-order valence-corrected chi connectivity index (χ4v) is 3.93. The molecule has 3 aromatic carbocycles. The molecule has 1 N–H and O–H groups in total. The molecule has 1 heterocycles. The zero-order valence-electron chi connectivity index (χ0n) is 19.6. The second-order valence-electron chi connectivity index (χ2n) is 8.42. The van der Waals surface area contributed by atoms with Crippen molar-refractivity contribution in [3.05, 3.63) is 94.5 Å². The molecule has 0 saturated carbocycles. The molecule has 1 atom stereocenters. The summed E-state index contributed by atoms with van der Waals surface area (Å²) >= 11 is 0. The lowest BCUT2D eigenvalue weighted by Crippen LogP contribution is -2.11. The Morgan fingerprint density at radius 3 is 2.38 bits per heavy atom. The van der Waals surface area contributed by atoms with Crippen LogP contribution in [-0.2, 0) is 13.0 Å². The third-order valence-electron chi connectivity index (χ3n) is 5.62. The van der Waals surface area contributed by atoms with Crippen molar-refractivity contribution in [3.8, 4) is 22.6 Å². The Morgan fingerprint density at radius 1 is 0.912 bits per heavy atom. The highest BCUT2D eigenvalue weighted by atomic mass is 16.5. The summed E-state index contributed by atoms with van der Waals surface area (Å²) in [6.07, 6.45) is 1.56. The van der Waals surface area contributed by atoms with Crippen molar-refractivity contribution in [3.63, 3.8) is 0 Å². The van der Waals surface area contributed by atoms with Gasteiger partial charge in [0.1, 0.15) is 12.4 Å². The minimum Gasteiger partial charge on any atom is -0.490 e.